The maximum atomic E-state index is 6.17. The summed E-state index contributed by atoms with van der Waals surface area (Å²) in [6.07, 6.45) is 3.91. The van der Waals surface area contributed by atoms with E-state index in [2.05, 4.69) is 29.3 Å². The molecule has 1 aromatic rings. The van der Waals surface area contributed by atoms with Gasteiger partial charge in [-0.2, -0.15) is 0 Å². The molecule has 0 aliphatic carbocycles. The number of nitrogens with zero attached hydrogens (tertiary/aromatic N) is 1. The van der Waals surface area contributed by atoms with Gasteiger partial charge in [0, 0.05) is 44.0 Å². The molecule has 1 aromatic carbocycles. The zero-order valence-electron chi connectivity index (χ0n) is 13.2. The van der Waals surface area contributed by atoms with Crippen molar-refractivity contribution in [1.29, 1.82) is 0 Å². The number of rotatable bonds is 7. The van der Waals surface area contributed by atoms with E-state index in [4.69, 9.17) is 16.3 Å². The average Bonchev–Trinajstić information content (AvgIpc) is 2.52. The molecular weight excluding hydrogens is 284 g/mol. The van der Waals surface area contributed by atoms with Gasteiger partial charge in [-0.25, -0.2) is 0 Å². The van der Waals surface area contributed by atoms with Crippen LogP contribution >= 0.6 is 11.6 Å². The lowest BCUT2D eigenvalue weighted by Gasteiger charge is -2.34. The van der Waals surface area contributed by atoms with Gasteiger partial charge in [0.15, 0.2) is 0 Å². The van der Waals surface area contributed by atoms with Crippen LogP contribution in [-0.2, 0) is 11.3 Å². The first kappa shape index (κ1) is 16.6. The van der Waals surface area contributed by atoms with Gasteiger partial charge in [0.2, 0.25) is 0 Å². The molecule has 118 valence electrons. The molecule has 1 aliphatic rings. The number of halogens is 1. The summed E-state index contributed by atoms with van der Waals surface area (Å²) in [5.74, 6) is 0.900. The van der Waals surface area contributed by atoms with Crippen LogP contribution in [0.15, 0.2) is 18.2 Å². The Hall–Kier alpha value is -0.770. The van der Waals surface area contributed by atoms with E-state index in [0.29, 0.717) is 0 Å². The second-order valence-corrected chi connectivity index (χ2v) is 6.22. The molecule has 0 amide bonds. The second-order valence-electron chi connectivity index (χ2n) is 5.78. The van der Waals surface area contributed by atoms with Gasteiger partial charge in [0.1, 0.15) is 0 Å². The molecule has 0 atom stereocenters. The van der Waals surface area contributed by atoms with E-state index in [-0.39, 0.29) is 0 Å². The maximum absolute atomic E-state index is 6.17. The van der Waals surface area contributed by atoms with Gasteiger partial charge in [-0.3, -0.25) is 0 Å². The van der Waals surface area contributed by atoms with Crippen molar-refractivity contribution in [2.75, 3.05) is 38.3 Å². The number of hydrogen-bond acceptors (Lipinski definition) is 3. The van der Waals surface area contributed by atoms with Crippen LogP contribution in [0.1, 0.15) is 31.7 Å². The van der Waals surface area contributed by atoms with Crippen LogP contribution in [-0.4, -0.2) is 33.4 Å². The summed E-state index contributed by atoms with van der Waals surface area (Å²) in [7, 11) is 1.73. The number of benzene rings is 1. The molecule has 3 nitrogen and oxygen atoms in total. The Kier molecular flexibility index (Phi) is 6.81. The van der Waals surface area contributed by atoms with Crippen molar-refractivity contribution < 1.29 is 4.74 Å². The maximum Gasteiger partial charge on any atom is 0.0587 e. The highest BCUT2D eigenvalue weighted by Gasteiger charge is 2.19. The van der Waals surface area contributed by atoms with E-state index in [0.717, 1.165) is 43.7 Å². The summed E-state index contributed by atoms with van der Waals surface area (Å²) in [6.45, 7) is 7.05. The Bertz CT molecular complexity index is 431. The third-order valence-corrected chi connectivity index (χ3v) is 4.61. The van der Waals surface area contributed by atoms with Crippen molar-refractivity contribution in [3.63, 3.8) is 0 Å². The van der Waals surface area contributed by atoms with Gasteiger partial charge >= 0.3 is 0 Å². The van der Waals surface area contributed by atoms with E-state index >= 15 is 0 Å². The summed E-state index contributed by atoms with van der Waals surface area (Å²) in [5.41, 5.74) is 2.62. The van der Waals surface area contributed by atoms with Crippen LogP contribution in [0.25, 0.3) is 0 Å². The van der Waals surface area contributed by atoms with Crippen molar-refractivity contribution >= 4 is 17.3 Å². The number of nitrogens with one attached hydrogen (secondary N) is 1. The molecule has 0 aromatic heterocycles. The second kappa shape index (κ2) is 8.62. The molecule has 0 unspecified atom stereocenters. The van der Waals surface area contributed by atoms with Crippen molar-refractivity contribution in [2.24, 2.45) is 5.92 Å². The topological polar surface area (TPSA) is 24.5 Å². The summed E-state index contributed by atoms with van der Waals surface area (Å²) in [4.78, 5) is 2.51. The van der Waals surface area contributed by atoms with Crippen LogP contribution in [0.2, 0.25) is 5.02 Å². The highest BCUT2D eigenvalue weighted by atomic mass is 35.5. The zero-order valence-corrected chi connectivity index (χ0v) is 14.0. The van der Waals surface area contributed by atoms with Gasteiger partial charge in [0.05, 0.1) is 6.61 Å². The molecule has 0 radical (unpaired) electrons. The van der Waals surface area contributed by atoms with E-state index in [1.54, 1.807) is 7.11 Å². The fraction of sp³-hybridized carbons (Fsp3) is 0.647. The van der Waals surface area contributed by atoms with Crippen molar-refractivity contribution in [2.45, 2.75) is 32.7 Å². The van der Waals surface area contributed by atoms with Gasteiger partial charge in [-0.1, -0.05) is 24.9 Å². The van der Waals surface area contributed by atoms with Crippen LogP contribution in [0.3, 0.4) is 0 Å². The third-order valence-electron chi connectivity index (χ3n) is 4.37. The molecular formula is C17H27ClN2O. The number of anilines is 1. The van der Waals surface area contributed by atoms with Crippen molar-refractivity contribution in [1.82, 2.24) is 5.32 Å². The molecule has 2 rings (SSSR count). The van der Waals surface area contributed by atoms with Gasteiger partial charge in [-0.05, 0) is 42.5 Å². The fourth-order valence-corrected chi connectivity index (χ4v) is 3.18. The number of methoxy groups -OCH3 is 1. The largest absolute Gasteiger partial charge is 0.383 e. The molecule has 21 heavy (non-hydrogen) atoms. The van der Waals surface area contributed by atoms with Crippen LogP contribution in [0, 0.1) is 5.92 Å². The SMILES string of the molecule is CCC1CCN(c2ccc(Cl)cc2CNCCOC)CC1. The highest BCUT2D eigenvalue weighted by Crippen LogP contribution is 2.29. The van der Waals surface area contributed by atoms with Crippen molar-refractivity contribution in [3.05, 3.63) is 28.8 Å². The first-order valence-electron chi connectivity index (χ1n) is 7.97. The van der Waals surface area contributed by atoms with Gasteiger partial charge in [-0.15, -0.1) is 0 Å². The first-order chi connectivity index (χ1) is 10.2. The number of hydrogen-bond donors (Lipinski definition) is 1. The van der Waals surface area contributed by atoms with E-state index < -0.39 is 0 Å². The predicted molar refractivity (Wildman–Crippen MR) is 90.3 cm³/mol. The molecule has 1 N–H and O–H groups in total. The molecule has 1 fully saturated rings. The lowest BCUT2D eigenvalue weighted by molar-refractivity contribution is 0.199. The summed E-state index contributed by atoms with van der Waals surface area (Å²) in [6, 6.07) is 6.26. The summed E-state index contributed by atoms with van der Waals surface area (Å²) < 4.78 is 5.08. The lowest BCUT2D eigenvalue weighted by Crippen LogP contribution is -2.34. The minimum Gasteiger partial charge on any atom is -0.383 e. The van der Waals surface area contributed by atoms with E-state index in [1.165, 1.54) is 30.5 Å². The molecule has 4 heteroatoms. The smallest absolute Gasteiger partial charge is 0.0587 e. The Morgan fingerprint density at radius 1 is 1.33 bits per heavy atom. The predicted octanol–water partition coefficient (Wildman–Crippen LogP) is 3.70. The van der Waals surface area contributed by atoms with Crippen LogP contribution in [0.4, 0.5) is 5.69 Å². The fourth-order valence-electron chi connectivity index (χ4n) is 2.98. The monoisotopic (exact) mass is 310 g/mol. The third kappa shape index (κ3) is 4.87. The molecule has 1 aliphatic heterocycles. The lowest BCUT2D eigenvalue weighted by atomic mass is 9.94. The molecule has 0 bridgehead atoms. The standard InChI is InChI=1S/C17H27ClN2O/c1-3-14-6-9-20(10-7-14)17-5-4-16(18)12-15(17)13-19-8-11-21-2/h4-5,12,14,19H,3,6-11,13H2,1-2H3. The minimum atomic E-state index is 0.734. The zero-order chi connectivity index (χ0) is 15.1. The normalized spacial score (nSPS) is 16.4. The van der Waals surface area contributed by atoms with E-state index in [9.17, 15) is 0 Å². The molecule has 1 heterocycles. The number of piperidine rings is 1. The average molecular weight is 311 g/mol. The minimum absolute atomic E-state index is 0.734. The Labute approximate surface area is 133 Å². The quantitative estimate of drug-likeness (QED) is 0.777. The molecule has 0 spiro atoms. The van der Waals surface area contributed by atoms with Gasteiger partial charge < -0.3 is 15.0 Å². The summed E-state index contributed by atoms with van der Waals surface area (Å²) >= 11 is 6.17. The molecule has 1 saturated heterocycles. The Morgan fingerprint density at radius 2 is 2.10 bits per heavy atom. The Morgan fingerprint density at radius 3 is 2.76 bits per heavy atom. The first-order valence-corrected chi connectivity index (χ1v) is 8.35. The highest BCUT2D eigenvalue weighted by molar-refractivity contribution is 6.30. The van der Waals surface area contributed by atoms with Gasteiger partial charge in [0.25, 0.3) is 0 Å². The Balaban J connectivity index is 2.01. The van der Waals surface area contributed by atoms with Crippen LogP contribution < -0.4 is 10.2 Å². The number of ether oxygens (including phenoxy) is 1. The van der Waals surface area contributed by atoms with E-state index in [1.807, 2.05) is 6.07 Å². The molecule has 0 saturated carbocycles. The summed E-state index contributed by atoms with van der Waals surface area (Å²) in [5, 5.41) is 4.23. The van der Waals surface area contributed by atoms with Crippen molar-refractivity contribution in [3.8, 4) is 0 Å². The van der Waals surface area contributed by atoms with Crippen LogP contribution in [0.5, 0.6) is 0 Å².